The third-order valence-corrected chi connectivity index (χ3v) is 4.26. The first-order valence-corrected chi connectivity index (χ1v) is 8.18. The number of thiazole rings is 1. The largest absolute Gasteiger partial charge is 0.506 e. The van der Waals surface area contributed by atoms with Gasteiger partial charge in [0.25, 0.3) is 0 Å². The Kier molecular flexibility index (Phi) is 3.72. The van der Waals surface area contributed by atoms with Gasteiger partial charge in [0.15, 0.2) is 0 Å². The van der Waals surface area contributed by atoms with E-state index >= 15 is 0 Å². The Morgan fingerprint density at radius 3 is 2.67 bits per heavy atom. The summed E-state index contributed by atoms with van der Waals surface area (Å²) < 4.78 is 0. The standard InChI is InChI=1S/C18H12N4OS/c23-16-9-8-14(13-7-4-10-19-17(13)16)21-22-18-20-15(11-24-18)12-5-2-1-3-6-12/h1-11,23H. The van der Waals surface area contributed by atoms with Crippen LogP contribution < -0.4 is 0 Å². The Morgan fingerprint density at radius 2 is 1.79 bits per heavy atom. The molecule has 0 saturated carbocycles. The lowest BCUT2D eigenvalue weighted by molar-refractivity contribution is 0.480. The summed E-state index contributed by atoms with van der Waals surface area (Å²) in [4.78, 5) is 8.66. The number of nitrogens with zero attached hydrogens (tertiary/aromatic N) is 4. The quantitative estimate of drug-likeness (QED) is 0.505. The smallest absolute Gasteiger partial charge is 0.230 e. The number of hydrogen-bond donors (Lipinski definition) is 1. The predicted molar refractivity (Wildman–Crippen MR) is 95.1 cm³/mol. The van der Waals surface area contributed by atoms with Crippen molar-refractivity contribution < 1.29 is 5.11 Å². The number of azo groups is 1. The summed E-state index contributed by atoms with van der Waals surface area (Å²) in [6.07, 6.45) is 1.63. The second-order valence-electron chi connectivity index (χ2n) is 5.08. The molecule has 0 amide bonds. The number of benzene rings is 2. The first-order valence-electron chi connectivity index (χ1n) is 7.31. The fourth-order valence-electron chi connectivity index (χ4n) is 2.38. The summed E-state index contributed by atoms with van der Waals surface area (Å²) >= 11 is 1.44. The van der Waals surface area contributed by atoms with Crippen LogP contribution in [0, 0.1) is 0 Å². The predicted octanol–water partition coefficient (Wildman–Crippen LogP) is 5.48. The van der Waals surface area contributed by atoms with Gasteiger partial charge in [-0.3, -0.25) is 4.98 Å². The van der Waals surface area contributed by atoms with Crippen LogP contribution in [0.4, 0.5) is 10.8 Å². The summed E-state index contributed by atoms with van der Waals surface area (Å²) in [6.45, 7) is 0. The van der Waals surface area contributed by atoms with Crippen LogP contribution in [-0.2, 0) is 0 Å². The van der Waals surface area contributed by atoms with Crippen molar-refractivity contribution in [3.8, 4) is 17.0 Å². The van der Waals surface area contributed by atoms with E-state index in [1.54, 1.807) is 24.4 Å². The van der Waals surface area contributed by atoms with Crippen molar-refractivity contribution in [3.63, 3.8) is 0 Å². The van der Waals surface area contributed by atoms with Gasteiger partial charge < -0.3 is 5.11 Å². The first-order chi connectivity index (χ1) is 11.8. The molecule has 2 aromatic heterocycles. The molecule has 0 aliphatic rings. The molecule has 5 nitrogen and oxygen atoms in total. The zero-order chi connectivity index (χ0) is 16.4. The van der Waals surface area contributed by atoms with E-state index in [0.29, 0.717) is 16.3 Å². The van der Waals surface area contributed by atoms with E-state index in [-0.39, 0.29) is 5.75 Å². The van der Waals surface area contributed by atoms with E-state index in [0.717, 1.165) is 16.6 Å². The maximum atomic E-state index is 9.87. The number of phenolic OH excluding ortho intramolecular Hbond substituents is 1. The van der Waals surface area contributed by atoms with Crippen molar-refractivity contribution in [1.29, 1.82) is 0 Å². The summed E-state index contributed by atoms with van der Waals surface area (Å²) in [5.41, 5.74) is 3.09. The Labute approximate surface area is 142 Å². The molecule has 0 aliphatic heterocycles. The minimum absolute atomic E-state index is 0.130. The number of hydrogen-bond acceptors (Lipinski definition) is 6. The molecule has 4 aromatic rings. The fraction of sp³-hybridized carbons (Fsp3) is 0. The molecule has 0 bridgehead atoms. The maximum Gasteiger partial charge on any atom is 0.230 e. The number of aromatic hydroxyl groups is 1. The lowest BCUT2D eigenvalue weighted by Crippen LogP contribution is -1.79. The second kappa shape index (κ2) is 6.17. The van der Waals surface area contributed by atoms with Gasteiger partial charge in [0.1, 0.15) is 11.3 Å². The monoisotopic (exact) mass is 332 g/mol. The molecule has 2 heterocycles. The van der Waals surface area contributed by atoms with Crippen LogP contribution in [0.15, 0.2) is 76.4 Å². The lowest BCUT2D eigenvalue weighted by Gasteiger charge is -2.01. The molecule has 2 aromatic carbocycles. The van der Waals surface area contributed by atoms with Crippen molar-refractivity contribution in [3.05, 3.63) is 66.2 Å². The molecule has 0 aliphatic carbocycles. The normalized spacial score (nSPS) is 11.3. The van der Waals surface area contributed by atoms with Crippen LogP contribution >= 0.6 is 11.3 Å². The Balaban J connectivity index is 1.67. The lowest BCUT2D eigenvalue weighted by atomic mass is 10.2. The van der Waals surface area contributed by atoms with Crippen LogP contribution in [0.3, 0.4) is 0 Å². The Morgan fingerprint density at radius 1 is 0.917 bits per heavy atom. The van der Waals surface area contributed by atoms with Crippen molar-refractivity contribution in [2.45, 2.75) is 0 Å². The molecule has 116 valence electrons. The number of rotatable bonds is 3. The van der Waals surface area contributed by atoms with Crippen LogP contribution in [0.5, 0.6) is 5.75 Å². The van der Waals surface area contributed by atoms with E-state index in [4.69, 9.17) is 0 Å². The average molecular weight is 332 g/mol. The first kappa shape index (κ1) is 14.5. The third-order valence-electron chi connectivity index (χ3n) is 3.53. The van der Waals surface area contributed by atoms with Crippen LogP contribution in [0.1, 0.15) is 0 Å². The van der Waals surface area contributed by atoms with Gasteiger partial charge >= 0.3 is 0 Å². The van der Waals surface area contributed by atoms with Crippen molar-refractivity contribution in [2.24, 2.45) is 10.2 Å². The minimum Gasteiger partial charge on any atom is -0.506 e. The molecule has 0 saturated heterocycles. The summed E-state index contributed by atoms with van der Waals surface area (Å²) in [5.74, 6) is 0.130. The fourth-order valence-corrected chi connectivity index (χ4v) is 3.02. The summed E-state index contributed by atoms with van der Waals surface area (Å²) in [7, 11) is 0. The average Bonchev–Trinajstić information content (AvgIpc) is 3.11. The zero-order valence-corrected chi connectivity index (χ0v) is 13.3. The van der Waals surface area contributed by atoms with E-state index in [1.165, 1.54) is 11.3 Å². The molecule has 0 radical (unpaired) electrons. The highest BCUT2D eigenvalue weighted by molar-refractivity contribution is 7.13. The van der Waals surface area contributed by atoms with Crippen molar-refractivity contribution >= 4 is 33.1 Å². The van der Waals surface area contributed by atoms with Gasteiger partial charge in [-0.05, 0) is 24.3 Å². The zero-order valence-electron chi connectivity index (χ0n) is 12.5. The second-order valence-corrected chi connectivity index (χ2v) is 5.92. The van der Waals surface area contributed by atoms with Gasteiger partial charge in [0.05, 0.1) is 11.4 Å². The summed E-state index contributed by atoms with van der Waals surface area (Å²) in [5, 5.41) is 21.7. The van der Waals surface area contributed by atoms with E-state index in [1.807, 2.05) is 41.8 Å². The molecule has 0 spiro atoms. The molecule has 0 fully saturated rings. The van der Waals surface area contributed by atoms with Crippen molar-refractivity contribution in [1.82, 2.24) is 9.97 Å². The number of fused-ring (bicyclic) bond motifs is 1. The number of phenols is 1. The molecule has 6 heteroatoms. The van der Waals surface area contributed by atoms with E-state index < -0.39 is 0 Å². The molecular formula is C18H12N4OS. The Hall–Kier alpha value is -3.12. The van der Waals surface area contributed by atoms with Gasteiger partial charge in [0.2, 0.25) is 5.13 Å². The van der Waals surface area contributed by atoms with Crippen LogP contribution in [-0.4, -0.2) is 15.1 Å². The molecule has 24 heavy (non-hydrogen) atoms. The minimum atomic E-state index is 0.130. The van der Waals surface area contributed by atoms with Gasteiger partial charge in [-0.15, -0.1) is 21.6 Å². The topological polar surface area (TPSA) is 70.7 Å². The van der Waals surface area contributed by atoms with Crippen molar-refractivity contribution in [2.75, 3.05) is 0 Å². The van der Waals surface area contributed by atoms with Crippen LogP contribution in [0.25, 0.3) is 22.2 Å². The Bertz CT molecular complexity index is 1030. The molecule has 0 unspecified atom stereocenters. The number of aromatic nitrogens is 2. The third kappa shape index (κ3) is 2.75. The highest BCUT2D eigenvalue weighted by Gasteiger charge is 2.06. The molecule has 4 rings (SSSR count). The summed E-state index contributed by atoms with van der Waals surface area (Å²) in [6, 6.07) is 16.9. The van der Waals surface area contributed by atoms with Gasteiger partial charge in [-0.1, -0.05) is 30.3 Å². The van der Waals surface area contributed by atoms with E-state index in [9.17, 15) is 5.11 Å². The molecular weight excluding hydrogens is 320 g/mol. The van der Waals surface area contributed by atoms with E-state index in [2.05, 4.69) is 20.2 Å². The number of pyridine rings is 1. The van der Waals surface area contributed by atoms with Gasteiger partial charge in [-0.25, -0.2) is 4.98 Å². The molecule has 1 N–H and O–H groups in total. The SMILES string of the molecule is Oc1ccc(N=Nc2nc(-c3ccccc3)cs2)c2cccnc12. The molecule has 0 atom stereocenters. The highest BCUT2D eigenvalue weighted by atomic mass is 32.1. The highest BCUT2D eigenvalue weighted by Crippen LogP contribution is 2.33. The van der Waals surface area contributed by atoms with Gasteiger partial charge in [-0.2, -0.15) is 0 Å². The van der Waals surface area contributed by atoms with Gasteiger partial charge in [0, 0.05) is 22.5 Å². The maximum absolute atomic E-state index is 9.87. The van der Waals surface area contributed by atoms with Crippen LogP contribution in [0.2, 0.25) is 0 Å².